The van der Waals surface area contributed by atoms with Crippen molar-refractivity contribution in [1.29, 1.82) is 0 Å². The van der Waals surface area contributed by atoms with Crippen LogP contribution in [0, 0.1) is 0 Å². The molecule has 0 saturated heterocycles. The Kier molecular flexibility index (Phi) is 6.11. The Morgan fingerprint density at radius 1 is 0.960 bits per heavy atom. The maximum Gasteiger partial charge on any atom is 0.255 e. The summed E-state index contributed by atoms with van der Waals surface area (Å²) in [6, 6.07) is 4.25. The Morgan fingerprint density at radius 3 is 2.00 bits per heavy atom. The number of carbonyl (C=O) groups is 1. The van der Waals surface area contributed by atoms with Gasteiger partial charge in [-0.05, 0) is 18.2 Å². The van der Waals surface area contributed by atoms with Crippen LogP contribution in [0.1, 0.15) is 10.4 Å². The van der Waals surface area contributed by atoms with Gasteiger partial charge in [-0.15, -0.1) is 0 Å². The predicted molar refractivity (Wildman–Crippen MR) is 97.2 cm³/mol. The fourth-order valence-electron chi connectivity index (χ4n) is 2.08. The summed E-state index contributed by atoms with van der Waals surface area (Å²) < 4.78 is 15.6. The second-order valence-electron chi connectivity index (χ2n) is 4.75. The average Bonchev–Trinajstić information content (AvgIpc) is 2.62. The third-order valence-corrected chi connectivity index (χ3v) is 4.45. The lowest BCUT2D eigenvalue weighted by Crippen LogP contribution is -2.13. The summed E-state index contributed by atoms with van der Waals surface area (Å²) in [4.78, 5) is 12.5. The van der Waals surface area contributed by atoms with E-state index in [0.717, 1.165) is 0 Å². The van der Waals surface area contributed by atoms with Crippen molar-refractivity contribution in [2.45, 2.75) is 0 Å². The summed E-state index contributed by atoms with van der Waals surface area (Å²) in [5.74, 6) is 0.119. The minimum atomic E-state index is -0.515. The number of nitrogens with one attached hydrogen (secondary N) is 1. The smallest absolute Gasteiger partial charge is 0.255 e. The Morgan fingerprint density at radius 2 is 1.52 bits per heavy atom. The van der Waals surface area contributed by atoms with Crippen LogP contribution in [-0.4, -0.2) is 32.3 Å². The molecular weight excluding hydrogens is 393 g/mol. The lowest BCUT2D eigenvalue weighted by atomic mass is 10.1. The predicted octanol–water partition coefficient (Wildman–Crippen LogP) is 4.63. The number of amides is 1. The number of benzene rings is 2. The number of anilines is 1. The van der Waals surface area contributed by atoms with Crippen LogP contribution in [0.3, 0.4) is 0 Å². The summed E-state index contributed by atoms with van der Waals surface area (Å²) in [5, 5.41) is 12.0. The molecule has 2 aromatic rings. The van der Waals surface area contributed by atoms with Crippen LogP contribution in [0.15, 0.2) is 18.2 Å². The van der Waals surface area contributed by atoms with E-state index in [0.29, 0.717) is 17.2 Å². The fourth-order valence-corrected chi connectivity index (χ4v) is 2.73. The topological polar surface area (TPSA) is 77.0 Å². The van der Waals surface area contributed by atoms with Gasteiger partial charge in [-0.1, -0.05) is 34.8 Å². The van der Waals surface area contributed by atoms with Gasteiger partial charge < -0.3 is 24.6 Å². The van der Waals surface area contributed by atoms with Crippen molar-refractivity contribution in [2.75, 3.05) is 26.6 Å². The molecule has 0 aliphatic rings. The minimum absolute atomic E-state index is 0.0376. The number of methoxy groups -OCH3 is 3. The van der Waals surface area contributed by atoms with E-state index in [4.69, 9.17) is 49.0 Å². The number of hydrogen-bond acceptors (Lipinski definition) is 5. The maximum atomic E-state index is 12.5. The molecule has 0 bridgehead atoms. The summed E-state index contributed by atoms with van der Waals surface area (Å²) in [5.41, 5.74) is 0.374. The van der Waals surface area contributed by atoms with Gasteiger partial charge in [0.05, 0.1) is 37.1 Å². The van der Waals surface area contributed by atoms with E-state index in [9.17, 15) is 9.90 Å². The first kappa shape index (κ1) is 19.3. The van der Waals surface area contributed by atoms with Crippen LogP contribution < -0.4 is 19.5 Å². The lowest BCUT2D eigenvalue weighted by Gasteiger charge is -2.15. The standard InChI is InChI=1S/C16H14Cl3NO5/c1-23-10-4-7(5-11(24-2)15(10)25-3)16(22)20-9-6-8(17)14(21)13(19)12(9)18/h4-6,21H,1-3H3,(H,20,22). The van der Waals surface area contributed by atoms with Crippen molar-refractivity contribution in [3.05, 3.63) is 38.8 Å². The largest absolute Gasteiger partial charge is 0.505 e. The maximum absolute atomic E-state index is 12.5. The molecule has 0 unspecified atom stereocenters. The normalized spacial score (nSPS) is 10.3. The second-order valence-corrected chi connectivity index (χ2v) is 5.91. The van der Waals surface area contributed by atoms with E-state index in [1.807, 2.05) is 0 Å². The van der Waals surface area contributed by atoms with Gasteiger partial charge in [0.25, 0.3) is 5.91 Å². The van der Waals surface area contributed by atoms with Crippen molar-refractivity contribution in [3.8, 4) is 23.0 Å². The van der Waals surface area contributed by atoms with E-state index in [2.05, 4.69) is 5.32 Å². The molecule has 2 rings (SSSR count). The molecule has 0 fully saturated rings. The minimum Gasteiger partial charge on any atom is -0.505 e. The molecule has 0 aliphatic heterocycles. The Labute approximate surface area is 159 Å². The molecule has 6 nitrogen and oxygen atoms in total. The number of carbonyl (C=O) groups excluding carboxylic acids is 1. The van der Waals surface area contributed by atoms with Crippen LogP contribution in [0.4, 0.5) is 5.69 Å². The molecule has 0 aliphatic carbocycles. The van der Waals surface area contributed by atoms with Crippen LogP contribution >= 0.6 is 34.8 Å². The molecule has 0 aromatic heterocycles. The lowest BCUT2D eigenvalue weighted by molar-refractivity contribution is 0.102. The zero-order valence-electron chi connectivity index (χ0n) is 13.4. The number of aromatic hydroxyl groups is 1. The SMILES string of the molecule is COc1cc(C(=O)Nc2cc(Cl)c(O)c(Cl)c2Cl)cc(OC)c1OC. The number of ether oxygens (including phenoxy) is 3. The molecular formula is C16H14Cl3NO5. The number of phenols is 1. The highest BCUT2D eigenvalue weighted by Gasteiger charge is 2.20. The van der Waals surface area contributed by atoms with Gasteiger partial charge in [0.1, 0.15) is 5.02 Å². The van der Waals surface area contributed by atoms with Gasteiger partial charge in [0, 0.05) is 5.56 Å². The molecule has 0 atom stereocenters. The molecule has 1 amide bonds. The molecule has 2 N–H and O–H groups in total. The number of hydrogen-bond donors (Lipinski definition) is 2. The molecule has 2 aromatic carbocycles. The summed E-state index contributed by atoms with van der Waals surface area (Å²) in [6.07, 6.45) is 0. The van der Waals surface area contributed by atoms with Crippen LogP contribution in [-0.2, 0) is 0 Å². The average molecular weight is 407 g/mol. The van der Waals surface area contributed by atoms with E-state index in [1.54, 1.807) is 0 Å². The monoisotopic (exact) mass is 405 g/mol. The number of halogens is 3. The first-order valence-corrected chi connectivity index (χ1v) is 7.95. The van der Waals surface area contributed by atoms with E-state index in [-0.39, 0.29) is 32.1 Å². The van der Waals surface area contributed by atoms with E-state index < -0.39 is 5.91 Å². The molecule has 134 valence electrons. The molecule has 9 heteroatoms. The molecule has 0 radical (unpaired) electrons. The molecule has 0 heterocycles. The molecule has 25 heavy (non-hydrogen) atoms. The van der Waals surface area contributed by atoms with Crippen molar-refractivity contribution in [1.82, 2.24) is 0 Å². The van der Waals surface area contributed by atoms with Gasteiger partial charge in [-0.3, -0.25) is 4.79 Å². The summed E-state index contributed by atoms with van der Waals surface area (Å²) in [6.45, 7) is 0. The Bertz CT molecular complexity index is 801. The molecule has 0 saturated carbocycles. The van der Waals surface area contributed by atoms with Crippen molar-refractivity contribution >= 4 is 46.4 Å². The van der Waals surface area contributed by atoms with E-state index >= 15 is 0 Å². The van der Waals surface area contributed by atoms with Crippen molar-refractivity contribution in [2.24, 2.45) is 0 Å². The van der Waals surface area contributed by atoms with E-state index in [1.165, 1.54) is 39.5 Å². The van der Waals surface area contributed by atoms with Gasteiger partial charge in [0.15, 0.2) is 17.2 Å². The van der Waals surface area contributed by atoms with Crippen LogP contribution in [0.25, 0.3) is 0 Å². The fraction of sp³-hybridized carbons (Fsp3) is 0.188. The third kappa shape index (κ3) is 3.81. The highest BCUT2D eigenvalue weighted by Crippen LogP contribution is 2.43. The quantitative estimate of drug-likeness (QED) is 0.559. The van der Waals surface area contributed by atoms with Crippen LogP contribution in [0.2, 0.25) is 15.1 Å². The Balaban J connectivity index is 2.43. The summed E-state index contributed by atoms with van der Waals surface area (Å²) >= 11 is 17.8. The molecule has 0 spiro atoms. The Hall–Kier alpha value is -2.02. The van der Waals surface area contributed by atoms with Crippen molar-refractivity contribution < 1.29 is 24.1 Å². The van der Waals surface area contributed by atoms with Crippen LogP contribution in [0.5, 0.6) is 23.0 Å². The summed E-state index contributed by atoms with van der Waals surface area (Å²) in [7, 11) is 4.34. The highest BCUT2D eigenvalue weighted by molar-refractivity contribution is 6.46. The van der Waals surface area contributed by atoms with Gasteiger partial charge in [-0.2, -0.15) is 0 Å². The van der Waals surface area contributed by atoms with Gasteiger partial charge >= 0.3 is 0 Å². The first-order valence-electron chi connectivity index (χ1n) is 6.81. The zero-order chi connectivity index (χ0) is 18.7. The van der Waals surface area contributed by atoms with Crippen molar-refractivity contribution in [3.63, 3.8) is 0 Å². The first-order chi connectivity index (χ1) is 11.8. The second kappa shape index (κ2) is 7.91. The van der Waals surface area contributed by atoms with Gasteiger partial charge in [-0.25, -0.2) is 0 Å². The zero-order valence-corrected chi connectivity index (χ0v) is 15.7. The number of phenolic OH excluding ortho intramolecular Hbond substituents is 1. The highest BCUT2D eigenvalue weighted by atomic mass is 35.5. The third-order valence-electron chi connectivity index (χ3n) is 3.31. The van der Waals surface area contributed by atoms with Gasteiger partial charge in [0.2, 0.25) is 5.75 Å². The number of rotatable bonds is 5.